The third-order valence-corrected chi connectivity index (χ3v) is 3.05. The highest BCUT2D eigenvalue weighted by molar-refractivity contribution is 5.62. The molecule has 6 nitrogen and oxygen atoms in total. The summed E-state index contributed by atoms with van der Waals surface area (Å²) in [6, 6.07) is 8.07. The second kappa shape index (κ2) is 6.69. The van der Waals surface area contributed by atoms with Crippen molar-refractivity contribution in [3.63, 3.8) is 0 Å². The average molecular weight is 287 g/mol. The minimum atomic E-state index is -0.382. The van der Waals surface area contributed by atoms with Crippen LogP contribution < -0.4 is 10.7 Å². The van der Waals surface area contributed by atoms with E-state index in [2.05, 4.69) is 5.32 Å². The van der Waals surface area contributed by atoms with E-state index in [0.717, 1.165) is 12.0 Å². The summed E-state index contributed by atoms with van der Waals surface area (Å²) in [6.45, 7) is 3.18. The zero-order chi connectivity index (χ0) is 15.2. The maximum Gasteiger partial charge on any atom is 0.292 e. The molecule has 0 radical (unpaired) electrons. The standard InChI is InChI=1S/C15H17N3O3/c1-2-7-16-14-4-3-12(10-15(14)18(20)21)11-17-8-5-13(19)6-9-17/h3-6,8-10,16H,2,7,11H2,1H3. The molecule has 0 amide bonds. The molecule has 110 valence electrons. The number of anilines is 1. The lowest BCUT2D eigenvalue weighted by atomic mass is 10.1. The first-order chi connectivity index (χ1) is 10.1. The summed E-state index contributed by atoms with van der Waals surface area (Å²) in [6.07, 6.45) is 4.23. The van der Waals surface area contributed by atoms with Gasteiger partial charge in [-0.25, -0.2) is 0 Å². The van der Waals surface area contributed by atoms with Gasteiger partial charge < -0.3 is 9.88 Å². The van der Waals surface area contributed by atoms with Gasteiger partial charge in [-0.1, -0.05) is 13.0 Å². The number of hydrogen-bond acceptors (Lipinski definition) is 4. The predicted molar refractivity (Wildman–Crippen MR) is 81.7 cm³/mol. The Labute approximate surface area is 122 Å². The first-order valence-electron chi connectivity index (χ1n) is 6.77. The summed E-state index contributed by atoms with van der Waals surface area (Å²) in [5, 5.41) is 14.2. The largest absolute Gasteiger partial charge is 0.380 e. The van der Waals surface area contributed by atoms with Gasteiger partial charge in [0.05, 0.1) is 4.92 Å². The number of nitrogens with one attached hydrogen (secondary N) is 1. The molecule has 1 aromatic carbocycles. The molecule has 2 aromatic rings. The van der Waals surface area contributed by atoms with Gasteiger partial charge in [-0.2, -0.15) is 0 Å². The van der Waals surface area contributed by atoms with Gasteiger partial charge in [-0.3, -0.25) is 14.9 Å². The molecule has 0 saturated carbocycles. The van der Waals surface area contributed by atoms with Crippen LogP contribution in [0, 0.1) is 10.1 Å². The number of nitro benzene ring substituents is 1. The zero-order valence-corrected chi connectivity index (χ0v) is 11.8. The van der Waals surface area contributed by atoms with Crippen molar-refractivity contribution in [3.8, 4) is 0 Å². The van der Waals surface area contributed by atoms with Crippen LogP contribution in [0.15, 0.2) is 47.5 Å². The van der Waals surface area contributed by atoms with Crippen molar-refractivity contribution in [1.82, 2.24) is 4.57 Å². The van der Waals surface area contributed by atoms with Gasteiger partial charge in [0.2, 0.25) is 0 Å². The average Bonchev–Trinajstić information content (AvgIpc) is 2.48. The first kappa shape index (κ1) is 14.8. The molecule has 1 aromatic heterocycles. The van der Waals surface area contributed by atoms with Gasteiger partial charge >= 0.3 is 0 Å². The highest BCUT2D eigenvalue weighted by atomic mass is 16.6. The van der Waals surface area contributed by atoms with Crippen LogP contribution in [0.1, 0.15) is 18.9 Å². The molecule has 0 bridgehead atoms. The highest BCUT2D eigenvalue weighted by Crippen LogP contribution is 2.25. The molecule has 0 spiro atoms. The van der Waals surface area contributed by atoms with Crippen LogP contribution >= 0.6 is 0 Å². The van der Waals surface area contributed by atoms with E-state index in [9.17, 15) is 14.9 Å². The van der Waals surface area contributed by atoms with Crippen LogP contribution in [0.3, 0.4) is 0 Å². The van der Waals surface area contributed by atoms with Crippen molar-refractivity contribution >= 4 is 11.4 Å². The number of nitro groups is 1. The van der Waals surface area contributed by atoms with Crippen LogP contribution in [0.4, 0.5) is 11.4 Å². The van der Waals surface area contributed by atoms with E-state index in [4.69, 9.17) is 0 Å². The van der Waals surface area contributed by atoms with Crippen molar-refractivity contribution in [1.29, 1.82) is 0 Å². The van der Waals surface area contributed by atoms with Gasteiger partial charge in [0.15, 0.2) is 5.43 Å². The monoisotopic (exact) mass is 287 g/mol. The lowest BCUT2D eigenvalue weighted by molar-refractivity contribution is -0.384. The van der Waals surface area contributed by atoms with E-state index < -0.39 is 0 Å². The number of hydrogen-bond donors (Lipinski definition) is 1. The molecule has 0 aliphatic carbocycles. The third-order valence-electron chi connectivity index (χ3n) is 3.05. The molecule has 0 atom stereocenters. The van der Waals surface area contributed by atoms with Crippen molar-refractivity contribution in [3.05, 3.63) is 68.6 Å². The Bertz CT molecular complexity index is 674. The Morgan fingerprint density at radius 1 is 1.24 bits per heavy atom. The molecule has 1 heterocycles. The summed E-state index contributed by atoms with van der Waals surface area (Å²) in [7, 11) is 0. The van der Waals surface area contributed by atoms with Crippen molar-refractivity contribution in [2.75, 3.05) is 11.9 Å². The fraction of sp³-hybridized carbons (Fsp3) is 0.267. The smallest absolute Gasteiger partial charge is 0.292 e. The Morgan fingerprint density at radius 3 is 2.57 bits per heavy atom. The van der Waals surface area contributed by atoms with E-state index in [1.165, 1.54) is 12.1 Å². The molecule has 0 fully saturated rings. The van der Waals surface area contributed by atoms with Crippen molar-refractivity contribution in [2.24, 2.45) is 0 Å². The van der Waals surface area contributed by atoms with Crippen molar-refractivity contribution in [2.45, 2.75) is 19.9 Å². The zero-order valence-electron chi connectivity index (χ0n) is 11.8. The summed E-state index contributed by atoms with van der Waals surface area (Å²) < 4.78 is 1.81. The SMILES string of the molecule is CCCNc1ccc(Cn2ccc(=O)cc2)cc1[N+](=O)[O-]. The lowest BCUT2D eigenvalue weighted by Gasteiger charge is -2.09. The van der Waals surface area contributed by atoms with Crippen LogP contribution in [0.2, 0.25) is 0 Å². The van der Waals surface area contributed by atoms with E-state index in [1.807, 2.05) is 13.0 Å². The minimum Gasteiger partial charge on any atom is -0.380 e. The third kappa shape index (κ3) is 3.92. The predicted octanol–water partition coefficient (Wildman–Crippen LogP) is 2.63. The number of aromatic nitrogens is 1. The molecule has 0 aliphatic rings. The Kier molecular flexibility index (Phi) is 4.71. The summed E-state index contributed by atoms with van der Waals surface area (Å²) >= 11 is 0. The van der Waals surface area contributed by atoms with Crippen LogP contribution in [0.25, 0.3) is 0 Å². The van der Waals surface area contributed by atoms with Gasteiger partial charge in [0, 0.05) is 43.7 Å². The Morgan fingerprint density at radius 2 is 1.95 bits per heavy atom. The number of rotatable bonds is 6. The number of pyridine rings is 1. The maximum absolute atomic E-state index is 11.2. The molecule has 0 aliphatic heterocycles. The molecule has 1 N–H and O–H groups in total. The normalized spacial score (nSPS) is 10.3. The van der Waals surface area contributed by atoms with E-state index in [-0.39, 0.29) is 16.0 Å². The molecule has 21 heavy (non-hydrogen) atoms. The van der Waals surface area contributed by atoms with E-state index >= 15 is 0 Å². The quantitative estimate of drug-likeness (QED) is 0.654. The molecule has 0 saturated heterocycles. The summed E-state index contributed by atoms with van der Waals surface area (Å²) in [4.78, 5) is 21.8. The Balaban J connectivity index is 2.24. The molecular weight excluding hydrogens is 270 g/mol. The number of benzene rings is 1. The van der Waals surface area contributed by atoms with Crippen LogP contribution in [0.5, 0.6) is 0 Å². The van der Waals surface area contributed by atoms with E-state index in [0.29, 0.717) is 18.8 Å². The second-order valence-electron chi connectivity index (χ2n) is 4.74. The van der Waals surface area contributed by atoms with Gasteiger partial charge in [-0.05, 0) is 18.1 Å². The first-order valence-corrected chi connectivity index (χ1v) is 6.77. The van der Waals surface area contributed by atoms with Crippen LogP contribution in [-0.4, -0.2) is 16.0 Å². The Hall–Kier alpha value is -2.63. The number of nitrogens with zero attached hydrogens (tertiary/aromatic N) is 2. The fourth-order valence-electron chi connectivity index (χ4n) is 2.00. The maximum atomic E-state index is 11.2. The van der Waals surface area contributed by atoms with Crippen molar-refractivity contribution < 1.29 is 4.92 Å². The summed E-state index contributed by atoms with van der Waals surface area (Å²) in [5.41, 5.74) is 1.36. The molecule has 0 unspecified atom stereocenters. The topological polar surface area (TPSA) is 77.2 Å². The second-order valence-corrected chi connectivity index (χ2v) is 4.74. The lowest BCUT2D eigenvalue weighted by Crippen LogP contribution is -2.06. The fourth-order valence-corrected chi connectivity index (χ4v) is 2.00. The minimum absolute atomic E-state index is 0.0589. The van der Waals surface area contributed by atoms with E-state index in [1.54, 1.807) is 29.1 Å². The van der Waals surface area contributed by atoms with Gasteiger partial charge in [-0.15, -0.1) is 0 Å². The molecule has 6 heteroatoms. The molecule has 2 rings (SSSR count). The van der Waals surface area contributed by atoms with Gasteiger partial charge in [0.25, 0.3) is 5.69 Å². The highest BCUT2D eigenvalue weighted by Gasteiger charge is 2.14. The molecular formula is C15H17N3O3. The summed E-state index contributed by atoms with van der Waals surface area (Å²) in [5.74, 6) is 0. The van der Waals surface area contributed by atoms with Gasteiger partial charge in [0.1, 0.15) is 5.69 Å². The van der Waals surface area contributed by atoms with Crippen LogP contribution in [-0.2, 0) is 6.54 Å².